The largest absolute Gasteiger partial charge is 0.315 e. The summed E-state index contributed by atoms with van der Waals surface area (Å²) >= 11 is 11.9. The van der Waals surface area contributed by atoms with Crippen LogP contribution in [0, 0.1) is 0 Å². The van der Waals surface area contributed by atoms with Crippen LogP contribution in [0.25, 0.3) is 0 Å². The van der Waals surface area contributed by atoms with Crippen LogP contribution in [0.15, 0.2) is 12.1 Å². The highest BCUT2D eigenvalue weighted by atomic mass is 35.5. The minimum Gasteiger partial charge on any atom is -0.315 e. The van der Waals surface area contributed by atoms with Gasteiger partial charge in [0.25, 0.3) is 0 Å². The molecule has 0 saturated carbocycles. The number of rotatable bonds is 4. The molecule has 1 aromatic rings. The van der Waals surface area contributed by atoms with Crippen molar-refractivity contribution in [3.05, 3.63) is 28.0 Å². The summed E-state index contributed by atoms with van der Waals surface area (Å²) < 4.78 is 0. The van der Waals surface area contributed by atoms with Crippen molar-refractivity contribution in [2.45, 2.75) is 32.4 Å². The van der Waals surface area contributed by atoms with Crippen molar-refractivity contribution in [1.29, 1.82) is 0 Å². The minimum atomic E-state index is 0.450. The summed E-state index contributed by atoms with van der Waals surface area (Å²) in [6, 6.07) is 4.36. The molecule has 1 unspecified atom stereocenters. The highest BCUT2D eigenvalue weighted by Crippen LogP contribution is 2.20. The second-order valence-corrected chi connectivity index (χ2v) is 5.39. The fourth-order valence-electron chi connectivity index (χ4n) is 2.42. The van der Waals surface area contributed by atoms with Crippen LogP contribution in [0.2, 0.25) is 10.3 Å². The topological polar surface area (TPSA) is 28.2 Å². The van der Waals surface area contributed by atoms with E-state index < -0.39 is 0 Å². The van der Waals surface area contributed by atoms with Gasteiger partial charge in [0, 0.05) is 24.7 Å². The Morgan fingerprint density at radius 3 is 2.89 bits per heavy atom. The van der Waals surface area contributed by atoms with Gasteiger partial charge in [0.15, 0.2) is 0 Å². The second kappa shape index (κ2) is 6.71. The first-order valence-electron chi connectivity index (χ1n) is 6.46. The number of likely N-dealkylation sites (N-methyl/N-ethyl adjacent to an activating group) is 1. The number of piperidine rings is 1. The van der Waals surface area contributed by atoms with E-state index in [0.29, 0.717) is 16.3 Å². The van der Waals surface area contributed by atoms with Gasteiger partial charge in [0.1, 0.15) is 10.3 Å². The summed E-state index contributed by atoms with van der Waals surface area (Å²) in [6.07, 6.45) is 2.49. The van der Waals surface area contributed by atoms with Crippen LogP contribution in [0.5, 0.6) is 0 Å². The second-order valence-electron chi connectivity index (χ2n) is 4.65. The zero-order chi connectivity index (χ0) is 13.0. The zero-order valence-electron chi connectivity index (χ0n) is 10.6. The molecule has 0 aromatic carbocycles. The van der Waals surface area contributed by atoms with Gasteiger partial charge in [-0.1, -0.05) is 36.2 Å². The van der Waals surface area contributed by atoms with E-state index in [9.17, 15) is 0 Å². The Bertz CT molecular complexity index is 392. The van der Waals surface area contributed by atoms with Gasteiger partial charge >= 0.3 is 0 Å². The molecule has 1 aliphatic rings. The maximum Gasteiger partial charge on any atom is 0.135 e. The van der Waals surface area contributed by atoms with E-state index in [1.807, 2.05) is 6.07 Å². The molecule has 0 radical (unpaired) electrons. The molecule has 18 heavy (non-hydrogen) atoms. The van der Waals surface area contributed by atoms with Gasteiger partial charge < -0.3 is 5.32 Å². The molecule has 0 amide bonds. The molecule has 2 heterocycles. The fraction of sp³-hybridized carbons (Fsp3) is 0.615. The van der Waals surface area contributed by atoms with Crippen LogP contribution in [-0.2, 0) is 6.54 Å². The third-order valence-corrected chi connectivity index (χ3v) is 4.00. The molecule has 1 N–H and O–H groups in total. The summed E-state index contributed by atoms with van der Waals surface area (Å²) in [7, 11) is 0. The van der Waals surface area contributed by atoms with Crippen LogP contribution in [-0.4, -0.2) is 35.6 Å². The molecule has 1 fully saturated rings. The Hall–Kier alpha value is -0.350. The zero-order valence-corrected chi connectivity index (χ0v) is 12.1. The number of nitrogens with one attached hydrogen (secondary N) is 1. The summed E-state index contributed by atoms with van der Waals surface area (Å²) in [5.41, 5.74) is 1.05. The molecule has 5 heteroatoms. The minimum absolute atomic E-state index is 0.450. The van der Waals surface area contributed by atoms with Gasteiger partial charge in [0.05, 0.1) is 0 Å². The summed E-state index contributed by atoms with van der Waals surface area (Å²) in [6.45, 7) is 6.24. The molecule has 0 spiro atoms. The van der Waals surface area contributed by atoms with Gasteiger partial charge in [-0.2, -0.15) is 0 Å². The van der Waals surface area contributed by atoms with Crippen LogP contribution in [0.1, 0.15) is 25.3 Å². The highest BCUT2D eigenvalue weighted by Gasteiger charge is 2.20. The van der Waals surface area contributed by atoms with E-state index >= 15 is 0 Å². The van der Waals surface area contributed by atoms with Gasteiger partial charge in [-0.05, 0) is 32.0 Å². The maximum atomic E-state index is 6.13. The number of aromatic nitrogens is 1. The predicted molar refractivity (Wildman–Crippen MR) is 76.2 cm³/mol. The molecule has 1 saturated heterocycles. The van der Waals surface area contributed by atoms with Gasteiger partial charge in [-0.15, -0.1) is 0 Å². The molecule has 3 nitrogen and oxygen atoms in total. The molecule has 0 aliphatic carbocycles. The Kier molecular flexibility index (Phi) is 5.25. The lowest BCUT2D eigenvalue weighted by molar-refractivity contribution is 0.166. The van der Waals surface area contributed by atoms with Crippen LogP contribution in [0.4, 0.5) is 0 Å². The first kappa shape index (κ1) is 14.1. The summed E-state index contributed by atoms with van der Waals surface area (Å²) in [5.74, 6) is 0. The van der Waals surface area contributed by atoms with E-state index in [1.165, 1.54) is 12.8 Å². The number of hydrogen-bond acceptors (Lipinski definition) is 3. The average molecular weight is 288 g/mol. The third-order valence-electron chi connectivity index (χ3n) is 3.46. The van der Waals surface area contributed by atoms with Crippen molar-refractivity contribution in [2.75, 3.05) is 19.6 Å². The Balaban J connectivity index is 2.04. The monoisotopic (exact) mass is 287 g/mol. The lowest BCUT2D eigenvalue weighted by atomic mass is 10.1. The van der Waals surface area contributed by atoms with Crippen LogP contribution in [0.3, 0.4) is 0 Å². The van der Waals surface area contributed by atoms with Crippen molar-refractivity contribution < 1.29 is 0 Å². The molecular weight excluding hydrogens is 269 g/mol. The Morgan fingerprint density at radius 1 is 1.44 bits per heavy atom. The van der Waals surface area contributed by atoms with Crippen molar-refractivity contribution in [3.8, 4) is 0 Å². The lowest BCUT2D eigenvalue weighted by Crippen LogP contribution is -2.45. The number of pyridine rings is 1. The summed E-state index contributed by atoms with van der Waals surface area (Å²) in [5, 5.41) is 4.42. The van der Waals surface area contributed by atoms with E-state index in [0.717, 1.165) is 31.7 Å². The Morgan fingerprint density at radius 2 is 2.28 bits per heavy atom. The standard InChI is InChI=1S/C13H19Cl2N3/c1-2-18(11-4-3-7-16-8-11)9-10-5-6-12(14)17-13(10)15/h5-6,11,16H,2-4,7-9H2,1H3. The molecule has 1 aromatic heterocycles. The third kappa shape index (κ3) is 3.58. The fourth-order valence-corrected chi connectivity index (χ4v) is 2.83. The van der Waals surface area contributed by atoms with Gasteiger partial charge in [0.2, 0.25) is 0 Å². The van der Waals surface area contributed by atoms with E-state index in [2.05, 4.69) is 22.1 Å². The van der Waals surface area contributed by atoms with Crippen molar-refractivity contribution >= 4 is 23.2 Å². The highest BCUT2D eigenvalue weighted by molar-refractivity contribution is 6.32. The first-order valence-corrected chi connectivity index (χ1v) is 7.22. The van der Waals surface area contributed by atoms with Crippen molar-refractivity contribution in [3.63, 3.8) is 0 Å². The van der Waals surface area contributed by atoms with Crippen LogP contribution >= 0.6 is 23.2 Å². The first-order chi connectivity index (χ1) is 8.70. The Labute approximate surface area is 118 Å². The normalized spacial score (nSPS) is 20.3. The van der Waals surface area contributed by atoms with Gasteiger partial charge in [-0.3, -0.25) is 4.90 Å². The van der Waals surface area contributed by atoms with Crippen molar-refractivity contribution in [2.24, 2.45) is 0 Å². The quantitative estimate of drug-likeness (QED) is 0.863. The smallest absolute Gasteiger partial charge is 0.135 e. The lowest BCUT2D eigenvalue weighted by Gasteiger charge is -2.34. The van der Waals surface area contributed by atoms with Gasteiger partial charge in [-0.25, -0.2) is 4.98 Å². The van der Waals surface area contributed by atoms with Crippen molar-refractivity contribution in [1.82, 2.24) is 15.2 Å². The number of nitrogens with zero attached hydrogens (tertiary/aromatic N) is 2. The summed E-state index contributed by atoms with van der Waals surface area (Å²) in [4.78, 5) is 6.54. The van der Waals surface area contributed by atoms with E-state index in [-0.39, 0.29) is 0 Å². The predicted octanol–water partition coefficient (Wildman–Crippen LogP) is 2.96. The van der Waals surface area contributed by atoms with E-state index in [4.69, 9.17) is 23.2 Å². The molecule has 1 atom stereocenters. The SMILES string of the molecule is CCN(Cc1ccc(Cl)nc1Cl)C1CCCNC1. The molecule has 1 aliphatic heterocycles. The molecule has 2 rings (SSSR count). The number of halogens is 2. The molecular formula is C13H19Cl2N3. The molecule has 100 valence electrons. The molecule has 0 bridgehead atoms. The average Bonchev–Trinajstić information content (AvgIpc) is 2.39. The van der Waals surface area contributed by atoms with Crippen LogP contribution < -0.4 is 5.32 Å². The number of hydrogen-bond donors (Lipinski definition) is 1. The van der Waals surface area contributed by atoms with E-state index in [1.54, 1.807) is 6.07 Å². The maximum absolute atomic E-state index is 6.13.